The Labute approximate surface area is 134 Å². The molecular weight excluding hydrogens is 302 g/mol. The number of likely N-dealkylation sites (tertiary alicyclic amines) is 2. The number of amides is 1. The highest BCUT2D eigenvalue weighted by atomic mass is 19.1. The predicted octanol–water partition coefficient (Wildman–Crippen LogP) is 2.08. The molecule has 0 radical (unpaired) electrons. The van der Waals surface area contributed by atoms with Gasteiger partial charge in [0.25, 0.3) is 0 Å². The second-order valence-corrected chi connectivity index (χ2v) is 6.43. The lowest BCUT2D eigenvalue weighted by atomic mass is 10.0. The minimum Gasteiger partial charge on any atom is -0.387 e. The van der Waals surface area contributed by atoms with Crippen LogP contribution >= 0.6 is 0 Å². The highest BCUT2D eigenvalue weighted by molar-refractivity contribution is 5.78. The van der Waals surface area contributed by atoms with Gasteiger partial charge in [0.1, 0.15) is 11.6 Å². The number of halogens is 2. The van der Waals surface area contributed by atoms with E-state index in [0.717, 1.165) is 50.6 Å². The van der Waals surface area contributed by atoms with E-state index in [1.807, 2.05) is 9.80 Å². The van der Waals surface area contributed by atoms with Crippen LogP contribution in [0.4, 0.5) is 8.78 Å². The van der Waals surface area contributed by atoms with E-state index >= 15 is 0 Å². The monoisotopic (exact) mass is 324 g/mol. The summed E-state index contributed by atoms with van der Waals surface area (Å²) in [6.07, 6.45) is 2.36. The fourth-order valence-corrected chi connectivity index (χ4v) is 3.62. The van der Waals surface area contributed by atoms with Crippen molar-refractivity contribution >= 4 is 5.91 Å². The molecule has 6 heteroatoms. The van der Waals surface area contributed by atoms with Crippen molar-refractivity contribution in [3.8, 4) is 0 Å². The molecule has 2 unspecified atom stereocenters. The van der Waals surface area contributed by atoms with Gasteiger partial charge in [0, 0.05) is 37.7 Å². The maximum Gasteiger partial charge on any atom is 0.222 e. The molecule has 0 spiro atoms. The van der Waals surface area contributed by atoms with Crippen LogP contribution in [0.5, 0.6) is 0 Å². The molecule has 1 amide bonds. The fraction of sp³-hybridized carbons (Fsp3) is 0.588. The van der Waals surface area contributed by atoms with E-state index in [1.54, 1.807) is 0 Å². The lowest BCUT2D eigenvalue weighted by Crippen LogP contribution is -2.49. The number of hydrogen-bond donors (Lipinski definition) is 1. The van der Waals surface area contributed by atoms with E-state index in [9.17, 15) is 18.7 Å². The van der Waals surface area contributed by atoms with Crippen molar-refractivity contribution in [1.82, 2.24) is 9.80 Å². The number of aliphatic hydroxyl groups excluding tert-OH is 1. The van der Waals surface area contributed by atoms with Gasteiger partial charge in [-0.05, 0) is 44.0 Å². The third-order valence-corrected chi connectivity index (χ3v) is 4.78. The Morgan fingerprint density at radius 2 is 2.09 bits per heavy atom. The van der Waals surface area contributed by atoms with Crippen LogP contribution in [0.25, 0.3) is 0 Å². The van der Waals surface area contributed by atoms with Gasteiger partial charge in [-0.25, -0.2) is 8.78 Å². The van der Waals surface area contributed by atoms with Gasteiger partial charge in [0.05, 0.1) is 6.10 Å². The molecule has 126 valence electrons. The molecule has 2 heterocycles. The maximum absolute atomic E-state index is 13.7. The largest absolute Gasteiger partial charge is 0.387 e. The minimum absolute atomic E-state index is 0.00984. The summed E-state index contributed by atoms with van der Waals surface area (Å²) in [5.74, 6) is -0.949. The van der Waals surface area contributed by atoms with Crippen LogP contribution in [0.2, 0.25) is 0 Å². The summed E-state index contributed by atoms with van der Waals surface area (Å²) in [6, 6.07) is 3.30. The van der Waals surface area contributed by atoms with Gasteiger partial charge in [0.15, 0.2) is 0 Å². The molecule has 2 fully saturated rings. The smallest absolute Gasteiger partial charge is 0.222 e. The quantitative estimate of drug-likeness (QED) is 0.922. The number of nitrogens with zero attached hydrogens (tertiary/aromatic N) is 2. The van der Waals surface area contributed by atoms with E-state index in [-0.39, 0.29) is 24.1 Å². The van der Waals surface area contributed by atoms with Crippen molar-refractivity contribution in [2.45, 2.75) is 37.8 Å². The summed E-state index contributed by atoms with van der Waals surface area (Å²) in [6.45, 7) is 2.53. The fourth-order valence-electron chi connectivity index (χ4n) is 3.62. The summed E-state index contributed by atoms with van der Waals surface area (Å²) in [4.78, 5) is 15.8. The zero-order valence-corrected chi connectivity index (χ0v) is 13.0. The molecule has 2 aliphatic heterocycles. The molecule has 0 aliphatic carbocycles. The standard InChI is InChI=1S/C17H22F2N2O2/c18-12-5-6-15(19)14(9-12)16(22)11-20-7-1-3-13(10-20)21-8-2-4-17(21)23/h5-6,9,13,16,22H,1-4,7-8,10-11H2. The first-order chi connectivity index (χ1) is 11.0. The van der Waals surface area contributed by atoms with Gasteiger partial charge >= 0.3 is 0 Å². The van der Waals surface area contributed by atoms with Gasteiger partial charge in [-0.3, -0.25) is 9.69 Å². The van der Waals surface area contributed by atoms with Crippen LogP contribution in [0.3, 0.4) is 0 Å². The minimum atomic E-state index is -1.07. The summed E-state index contributed by atoms with van der Waals surface area (Å²) in [7, 11) is 0. The molecule has 1 aromatic rings. The first kappa shape index (κ1) is 16.3. The molecule has 2 aliphatic rings. The average Bonchev–Trinajstić information content (AvgIpc) is 2.96. The molecule has 4 nitrogen and oxygen atoms in total. The molecule has 1 aromatic carbocycles. The van der Waals surface area contributed by atoms with Crippen molar-refractivity contribution in [1.29, 1.82) is 0 Å². The number of rotatable bonds is 4. The lowest BCUT2D eigenvalue weighted by Gasteiger charge is -2.38. The second kappa shape index (κ2) is 6.93. The highest BCUT2D eigenvalue weighted by Crippen LogP contribution is 2.24. The van der Waals surface area contributed by atoms with Crippen LogP contribution in [-0.2, 0) is 4.79 Å². The zero-order chi connectivity index (χ0) is 16.4. The number of carbonyl (C=O) groups is 1. The number of aliphatic hydroxyl groups is 1. The SMILES string of the molecule is O=C1CCCN1C1CCCN(CC(O)c2cc(F)ccc2F)C1. The molecule has 1 N–H and O–H groups in total. The predicted molar refractivity (Wildman–Crippen MR) is 81.7 cm³/mol. The first-order valence-electron chi connectivity index (χ1n) is 8.19. The third kappa shape index (κ3) is 3.70. The van der Waals surface area contributed by atoms with Crippen LogP contribution in [0, 0.1) is 11.6 Å². The Morgan fingerprint density at radius 3 is 2.83 bits per heavy atom. The molecule has 0 saturated carbocycles. The molecular formula is C17H22F2N2O2. The van der Waals surface area contributed by atoms with Gasteiger partial charge in [0.2, 0.25) is 5.91 Å². The maximum atomic E-state index is 13.7. The van der Waals surface area contributed by atoms with Gasteiger partial charge in [-0.15, -0.1) is 0 Å². The Balaban J connectivity index is 1.63. The molecule has 3 rings (SSSR count). The van der Waals surface area contributed by atoms with Gasteiger partial charge in [-0.2, -0.15) is 0 Å². The Morgan fingerprint density at radius 1 is 1.26 bits per heavy atom. The van der Waals surface area contributed by atoms with Crippen LogP contribution in [0.15, 0.2) is 18.2 Å². The van der Waals surface area contributed by atoms with Crippen LogP contribution in [0.1, 0.15) is 37.4 Å². The van der Waals surface area contributed by atoms with Crippen molar-refractivity contribution in [3.05, 3.63) is 35.4 Å². The molecule has 2 atom stereocenters. The number of carbonyl (C=O) groups excluding carboxylic acids is 1. The Kier molecular flexibility index (Phi) is 4.92. The summed E-state index contributed by atoms with van der Waals surface area (Å²) in [5.41, 5.74) is -0.00984. The molecule has 2 saturated heterocycles. The first-order valence-corrected chi connectivity index (χ1v) is 8.19. The van der Waals surface area contributed by atoms with Crippen molar-refractivity contribution < 1.29 is 18.7 Å². The molecule has 23 heavy (non-hydrogen) atoms. The number of β-amino-alcohol motifs (C(OH)–C–C–N with tert-alkyl or cyclic N) is 1. The normalized spacial score (nSPS) is 24.2. The molecule has 0 aromatic heterocycles. The summed E-state index contributed by atoms with van der Waals surface area (Å²) in [5, 5.41) is 10.3. The van der Waals surface area contributed by atoms with Gasteiger partial charge in [-0.1, -0.05) is 0 Å². The van der Waals surface area contributed by atoms with E-state index < -0.39 is 17.7 Å². The number of piperidine rings is 1. The van der Waals surface area contributed by atoms with Crippen LogP contribution < -0.4 is 0 Å². The second-order valence-electron chi connectivity index (χ2n) is 6.43. The third-order valence-electron chi connectivity index (χ3n) is 4.78. The van der Waals surface area contributed by atoms with Crippen LogP contribution in [-0.4, -0.2) is 53.0 Å². The van der Waals surface area contributed by atoms with E-state index in [2.05, 4.69) is 0 Å². The lowest BCUT2D eigenvalue weighted by molar-refractivity contribution is -0.130. The van der Waals surface area contributed by atoms with Gasteiger partial charge < -0.3 is 10.0 Å². The topological polar surface area (TPSA) is 43.8 Å². The van der Waals surface area contributed by atoms with Crippen molar-refractivity contribution in [2.24, 2.45) is 0 Å². The Bertz CT molecular complexity index is 582. The number of hydrogen-bond acceptors (Lipinski definition) is 3. The molecule has 0 bridgehead atoms. The van der Waals surface area contributed by atoms with E-state index in [0.29, 0.717) is 13.0 Å². The summed E-state index contributed by atoms with van der Waals surface area (Å²) < 4.78 is 27.0. The van der Waals surface area contributed by atoms with Crippen molar-refractivity contribution in [3.63, 3.8) is 0 Å². The van der Waals surface area contributed by atoms with E-state index in [1.165, 1.54) is 0 Å². The zero-order valence-electron chi connectivity index (χ0n) is 13.0. The van der Waals surface area contributed by atoms with E-state index in [4.69, 9.17) is 0 Å². The van der Waals surface area contributed by atoms with Crippen molar-refractivity contribution in [2.75, 3.05) is 26.2 Å². The number of benzene rings is 1. The average molecular weight is 324 g/mol. The highest BCUT2D eigenvalue weighted by Gasteiger charge is 2.32. The summed E-state index contributed by atoms with van der Waals surface area (Å²) >= 11 is 0. The Hall–Kier alpha value is -1.53.